The average molecular weight is 211 g/mol. The van der Waals surface area contributed by atoms with Crippen LogP contribution in [-0.4, -0.2) is 44.3 Å². The molecule has 0 spiro atoms. The molecule has 80 valence electrons. The molecule has 8 heteroatoms. The summed E-state index contributed by atoms with van der Waals surface area (Å²) in [7, 11) is -1.63. The van der Waals surface area contributed by atoms with E-state index in [-0.39, 0.29) is 17.7 Å². The van der Waals surface area contributed by atoms with E-state index in [9.17, 15) is 4.79 Å². The van der Waals surface area contributed by atoms with E-state index in [1.54, 1.807) is 0 Å². The third-order valence-corrected chi connectivity index (χ3v) is 1.74. The third-order valence-electron chi connectivity index (χ3n) is 1.74. The molecule has 0 aliphatic rings. The smallest absolute Gasteiger partial charge is 0.480 e. The number of aromatic nitrogens is 2. The zero-order valence-corrected chi connectivity index (χ0v) is 7.74. The molecule has 5 N–H and O–H groups in total. The van der Waals surface area contributed by atoms with Crippen molar-refractivity contribution in [1.29, 1.82) is 0 Å². The highest BCUT2D eigenvalue weighted by molar-refractivity contribution is 6.58. The Kier molecular flexibility index (Phi) is 3.72. The summed E-state index contributed by atoms with van der Waals surface area (Å²) in [5, 5.41) is 26.0. The Morgan fingerprint density at radius 1 is 1.47 bits per heavy atom. The van der Waals surface area contributed by atoms with Crippen molar-refractivity contribution in [3.63, 3.8) is 0 Å². The number of hydrogen-bond acceptors (Lipinski definition) is 6. The van der Waals surface area contributed by atoms with Crippen molar-refractivity contribution in [3.05, 3.63) is 18.2 Å². The monoisotopic (exact) mass is 211 g/mol. The van der Waals surface area contributed by atoms with Gasteiger partial charge in [-0.05, 0) is 0 Å². The van der Waals surface area contributed by atoms with Gasteiger partial charge in [0.05, 0.1) is 0 Å². The molecule has 1 atom stereocenters. The van der Waals surface area contributed by atoms with Crippen molar-refractivity contribution >= 4 is 18.6 Å². The maximum absolute atomic E-state index is 10.4. The molecule has 0 aliphatic heterocycles. The van der Waals surface area contributed by atoms with Gasteiger partial charge < -0.3 is 20.9 Å². The van der Waals surface area contributed by atoms with E-state index >= 15 is 0 Å². The highest BCUT2D eigenvalue weighted by Crippen LogP contribution is 1.93. The summed E-state index contributed by atoms with van der Waals surface area (Å²) in [4.78, 5) is 17.9. The first kappa shape index (κ1) is 11.6. The van der Waals surface area contributed by atoms with E-state index in [1.807, 2.05) is 0 Å². The van der Waals surface area contributed by atoms with Gasteiger partial charge in [-0.25, -0.2) is 9.97 Å². The van der Waals surface area contributed by atoms with Crippen LogP contribution in [0.5, 0.6) is 0 Å². The molecule has 0 radical (unpaired) electrons. The number of aliphatic carboxylic acids is 1. The minimum Gasteiger partial charge on any atom is -0.480 e. The molecule has 0 aliphatic carbocycles. The van der Waals surface area contributed by atoms with Gasteiger partial charge in [0.15, 0.2) is 0 Å². The number of hydrogen-bond donors (Lipinski definition) is 4. The Morgan fingerprint density at radius 3 is 2.40 bits per heavy atom. The van der Waals surface area contributed by atoms with Gasteiger partial charge in [0.1, 0.15) is 11.9 Å². The van der Waals surface area contributed by atoms with Crippen LogP contribution in [0.3, 0.4) is 0 Å². The molecule has 15 heavy (non-hydrogen) atoms. The molecule has 0 bridgehead atoms. The Bertz CT molecular complexity index is 343. The van der Waals surface area contributed by atoms with Gasteiger partial charge in [-0.15, -0.1) is 0 Å². The van der Waals surface area contributed by atoms with Crippen molar-refractivity contribution in [2.45, 2.75) is 12.5 Å². The van der Waals surface area contributed by atoms with Crippen LogP contribution in [0.25, 0.3) is 0 Å². The largest absolute Gasteiger partial charge is 0.491 e. The van der Waals surface area contributed by atoms with E-state index in [0.29, 0.717) is 0 Å². The molecule has 0 saturated heterocycles. The van der Waals surface area contributed by atoms with Gasteiger partial charge in [0.25, 0.3) is 0 Å². The predicted octanol–water partition coefficient (Wildman–Crippen LogP) is -2.89. The lowest BCUT2D eigenvalue weighted by molar-refractivity contribution is -0.138. The number of nitrogens with two attached hydrogens (primary N) is 1. The van der Waals surface area contributed by atoms with Crippen LogP contribution >= 0.6 is 0 Å². The molecule has 7 nitrogen and oxygen atoms in total. The second-order valence-corrected chi connectivity index (χ2v) is 2.96. The van der Waals surface area contributed by atoms with E-state index < -0.39 is 19.1 Å². The zero-order valence-electron chi connectivity index (χ0n) is 7.74. The average Bonchev–Trinajstić information content (AvgIpc) is 2.18. The summed E-state index contributed by atoms with van der Waals surface area (Å²) in [6.45, 7) is 0. The molecule has 0 aromatic carbocycles. The third kappa shape index (κ3) is 3.28. The lowest BCUT2D eigenvalue weighted by Crippen LogP contribution is -2.34. The first-order valence-corrected chi connectivity index (χ1v) is 4.16. The highest BCUT2D eigenvalue weighted by atomic mass is 16.4. The predicted molar refractivity (Wildman–Crippen MR) is 51.2 cm³/mol. The van der Waals surface area contributed by atoms with Crippen molar-refractivity contribution < 1.29 is 19.9 Å². The lowest BCUT2D eigenvalue weighted by atomic mass is 9.83. The molecule has 0 saturated carbocycles. The molecule has 0 amide bonds. The number of rotatable bonds is 4. The quantitative estimate of drug-likeness (QED) is 0.393. The van der Waals surface area contributed by atoms with E-state index in [4.69, 9.17) is 20.9 Å². The molecule has 0 fully saturated rings. The van der Waals surface area contributed by atoms with E-state index in [1.165, 1.54) is 12.4 Å². The second-order valence-electron chi connectivity index (χ2n) is 2.96. The first-order chi connectivity index (χ1) is 7.00. The highest BCUT2D eigenvalue weighted by Gasteiger charge is 2.15. The zero-order chi connectivity index (χ0) is 11.4. The normalized spacial score (nSPS) is 12.2. The van der Waals surface area contributed by atoms with Crippen LogP contribution in [0, 0.1) is 0 Å². The number of carboxylic acid groups (broad SMARTS) is 1. The van der Waals surface area contributed by atoms with Gasteiger partial charge >= 0.3 is 13.1 Å². The lowest BCUT2D eigenvalue weighted by Gasteiger charge is -2.05. The van der Waals surface area contributed by atoms with Crippen LogP contribution in [0.15, 0.2) is 12.4 Å². The molecule has 1 heterocycles. The number of nitrogens with zero attached hydrogens (tertiary/aromatic N) is 2. The Balaban J connectivity index is 2.68. The Morgan fingerprint density at radius 2 is 2.00 bits per heavy atom. The van der Waals surface area contributed by atoms with Gasteiger partial charge in [-0.3, -0.25) is 4.79 Å². The molecule has 1 unspecified atom stereocenters. The van der Waals surface area contributed by atoms with E-state index in [0.717, 1.165) is 0 Å². The fourth-order valence-electron chi connectivity index (χ4n) is 0.888. The SMILES string of the molecule is NC(Cc1ncc(B(O)O)cn1)C(=O)O. The van der Waals surface area contributed by atoms with Crippen molar-refractivity contribution in [2.75, 3.05) is 0 Å². The maximum atomic E-state index is 10.4. The minimum atomic E-state index is -1.63. The van der Waals surface area contributed by atoms with Gasteiger partial charge in [-0.2, -0.15) is 0 Å². The molecular formula is C7H10BN3O4. The van der Waals surface area contributed by atoms with Crippen LogP contribution in [-0.2, 0) is 11.2 Å². The van der Waals surface area contributed by atoms with Gasteiger partial charge in [-0.1, -0.05) is 0 Å². The van der Waals surface area contributed by atoms with E-state index in [2.05, 4.69) is 9.97 Å². The Labute approximate surface area is 85.7 Å². The molecule has 1 aromatic rings. The summed E-state index contributed by atoms with van der Waals surface area (Å²) in [6, 6.07) is -1.06. The molecule has 1 aromatic heterocycles. The maximum Gasteiger partial charge on any atom is 0.491 e. The van der Waals surface area contributed by atoms with Crippen LogP contribution in [0.1, 0.15) is 5.82 Å². The van der Waals surface area contributed by atoms with Crippen LogP contribution in [0.4, 0.5) is 0 Å². The number of carbonyl (C=O) groups is 1. The van der Waals surface area contributed by atoms with Crippen molar-refractivity contribution in [1.82, 2.24) is 9.97 Å². The summed E-state index contributed by atoms with van der Waals surface area (Å²) in [5.74, 6) is -0.890. The summed E-state index contributed by atoms with van der Waals surface area (Å²) in [6.07, 6.45) is 2.42. The first-order valence-electron chi connectivity index (χ1n) is 4.16. The second kappa shape index (κ2) is 4.83. The van der Waals surface area contributed by atoms with Crippen LogP contribution in [0.2, 0.25) is 0 Å². The Hall–Kier alpha value is -1.51. The summed E-state index contributed by atoms with van der Waals surface area (Å²) >= 11 is 0. The van der Waals surface area contributed by atoms with Gasteiger partial charge in [0, 0.05) is 24.3 Å². The minimum absolute atomic E-state index is 0.00284. The molecular weight excluding hydrogens is 201 g/mol. The van der Waals surface area contributed by atoms with Gasteiger partial charge in [0.2, 0.25) is 0 Å². The topological polar surface area (TPSA) is 130 Å². The fourth-order valence-corrected chi connectivity index (χ4v) is 0.888. The van der Waals surface area contributed by atoms with Crippen LogP contribution < -0.4 is 11.2 Å². The summed E-state index contributed by atoms with van der Waals surface area (Å²) in [5.41, 5.74) is 5.41. The summed E-state index contributed by atoms with van der Waals surface area (Å²) < 4.78 is 0. The molecule has 1 rings (SSSR count). The fraction of sp³-hybridized carbons (Fsp3) is 0.286. The number of carboxylic acids is 1. The van der Waals surface area contributed by atoms with Crippen molar-refractivity contribution in [2.24, 2.45) is 5.73 Å². The van der Waals surface area contributed by atoms with Crippen molar-refractivity contribution in [3.8, 4) is 0 Å². The standard InChI is InChI=1S/C7H10BN3O4/c9-5(7(12)13)1-6-10-2-4(3-11-6)8(14)15/h2-3,5,14-15H,1,9H2,(H,12,13).